The second-order valence-electron chi connectivity index (χ2n) is 7.53. The highest BCUT2D eigenvalue weighted by Gasteiger charge is 2.30. The fourth-order valence-corrected chi connectivity index (χ4v) is 3.20. The van der Waals surface area contributed by atoms with E-state index in [1.54, 1.807) is 23.1 Å². The summed E-state index contributed by atoms with van der Waals surface area (Å²) < 4.78 is 55.2. The lowest BCUT2D eigenvalue weighted by Gasteiger charge is -2.25. The Morgan fingerprint density at radius 3 is 2.03 bits per heavy atom. The molecule has 0 saturated carbocycles. The number of carbonyl (C=O) groups excluding carboxylic acids is 1. The first-order valence-electron chi connectivity index (χ1n) is 9.96. The molecule has 1 amide bonds. The Hall–Kier alpha value is -2.94. The third-order valence-corrected chi connectivity index (χ3v) is 4.88. The quantitative estimate of drug-likeness (QED) is 0.546. The Balaban J connectivity index is 2.28. The summed E-state index contributed by atoms with van der Waals surface area (Å²) in [5, 5.41) is 0. The number of carbonyl (C=O) groups is 1. The molecule has 2 aromatic rings. The van der Waals surface area contributed by atoms with Gasteiger partial charge in [-0.2, -0.15) is 13.2 Å². The van der Waals surface area contributed by atoms with Crippen LogP contribution >= 0.6 is 0 Å². The summed E-state index contributed by atoms with van der Waals surface area (Å²) in [5.41, 5.74) is 0.319. The molecule has 6 nitrogen and oxygen atoms in total. The zero-order valence-corrected chi connectivity index (χ0v) is 19.0. The topological polar surface area (TPSA) is 51.2 Å². The lowest BCUT2D eigenvalue weighted by molar-refractivity contribution is -0.137. The molecule has 0 unspecified atom stereocenters. The minimum atomic E-state index is -4.44. The van der Waals surface area contributed by atoms with E-state index in [4.69, 9.17) is 14.2 Å². The van der Waals surface area contributed by atoms with Crippen molar-refractivity contribution in [1.29, 1.82) is 0 Å². The molecule has 0 N–H and O–H groups in total. The highest BCUT2D eigenvalue weighted by molar-refractivity contribution is 5.79. The Morgan fingerprint density at radius 2 is 1.53 bits per heavy atom. The molecular weight excluding hydrogens is 425 g/mol. The fourth-order valence-electron chi connectivity index (χ4n) is 3.20. The van der Waals surface area contributed by atoms with Crippen molar-refractivity contribution in [3.63, 3.8) is 0 Å². The van der Waals surface area contributed by atoms with Crippen LogP contribution in [0.3, 0.4) is 0 Å². The first kappa shape index (κ1) is 25.3. The van der Waals surface area contributed by atoms with E-state index in [2.05, 4.69) is 0 Å². The van der Waals surface area contributed by atoms with Crippen molar-refractivity contribution in [2.24, 2.45) is 0 Å². The zero-order chi connectivity index (χ0) is 23.9. The molecule has 0 aliphatic carbocycles. The molecule has 0 atom stereocenters. The molecule has 176 valence electrons. The van der Waals surface area contributed by atoms with E-state index in [0.717, 1.165) is 12.1 Å². The van der Waals surface area contributed by atoms with Gasteiger partial charge in [-0.05, 0) is 49.5 Å². The Kier molecular flexibility index (Phi) is 8.77. The van der Waals surface area contributed by atoms with Crippen molar-refractivity contribution in [3.8, 4) is 17.2 Å². The summed E-state index contributed by atoms with van der Waals surface area (Å²) in [6.07, 6.45) is -4.41. The average Bonchev–Trinajstić information content (AvgIpc) is 2.75. The Morgan fingerprint density at radius 1 is 0.906 bits per heavy atom. The van der Waals surface area contributed by atoms with Crippen molar-refractivity contribution in [3.05, 3.63) is 53.1 Å². The number of nitrogens with zero attached hydrogens (tertiary/aromatic N) is 2. The van der Waals surface area contributed by atoms with Gasteiger partial charge in [0.1, 0.15) is 0 Å². The van der Waals surface area contributed by atoms with Crippen molar-refractivity contribution >= 4 is 5.91 Å². The Bertz CT molecular complexity index is 891. The number of amides is 1. The number of hydrogen-bond donors (Lipinski definition) is 0. The van der Waals surface area contributed by atoms with Gasteiger partial charge in [0.15, 0.2) is 11.5 Å². The van der Waals surface area contributed by atoms with Gasteiger partial charge in [0.2, 0.25) is 11.7 Å². The normalized spacial score (nSPS) is 11.4. The first-order valence-corrected chi connectivity index (χ1v) is 9.96. The van der Waals surface area contributed by atoms with Crippen molar-refractivity contribution in [2.45, 2.75) is 19.1 Å². The second-order valence-corrected chi connectivity index (χ2v) is 7.53. The highest BCUT2D eigenvalue weighted by atomic mass is 19.4. The van der Waals surface area contributed by atoms with E-state index in [1.807, 2.05) is 19.0 Å². The number of hydrogen-bond acceptors (Lipinski definition) is 5. The number of ether oxygens (including phenoxy) is 3. The molecule has 2 aromatic carbocycles. The van der Waals surface area contributed by atoms with Gasteiger partial charge >= 0.3 is 6.18 Å². The van der Waals surface area contributed by atoms with Gasteiger partial charge < -0.3 is 24.0 Å². The average molecular weight is 454 g/mol. The number of benzene rings is 2. The van der Waals surface area contributed by atoms with Gasteiger partial charge in [0.05, 0.1) is 33.3 Å². The molecule has 0 fully saturated rings. The number of alkyl halides is 3. The van der Waals surface area contributed by atoms with Crippen LogP contribution < -0.4 is 14.2 Å². The van der Waals surface area contributed by atoms with Crippen LogP contribution in [-0.2, 0) is 23.9 Å². The molecule has 0 heterocycles. The second kappa shape index (κ2) is 11.1. The summed E-state index contributed by atoms with van der Waals surface area (Å²) in [4.78, 5) is 16.6. The largest absolute Gasteiger partial charge is 0.493 e. The van der Waals surface area contributed by atoms with Crippen molar-refractivity contribution in [1.82, 2.24) is 9.80 Å². The summed E-state index contributed by atoms with van der Waals surface area (Å²) in [7, 11) is 8.20. The van der Waals surface area contributed by atoms with E-state index < -0.39 is 11.7 Å². The molecule has 0 aromatic heterocycles. The minimum Gasteiger partial charge on any atom is -0.493 e. The molecule has 2 rings (SSSR count). The number of rotatable bonds is 10. The minimum absolute atomic E-state index is 0.0309. The lowest BCUT2D eigenvalue weighted by Crippen LogP contribution is -2.37. The van der Waals surface area contributed by atoms with Crippen LogP contribution in [0.25, 0.3) is 0 Å². The maximum absolute atomic E-state index is 13.1. The maximum atomic E-state index is 13.1. The van der Waals surface area contributed by atoms with Gasteiger partial charge in [0, 0.05) is 19.6 Å². The molecule has 32 heavy (non-hydrogen) atoms. The van der Waals surface area contributed by atoms with E-state index >= 15 is 0 Å². The first-order chi connectivity index (χ1) is 15.1. The van der Waals surface area contributed by atoms with Gasteiger partial charge in [-0.15, -0.1) is 0 Å². The molecule has 0 radical (unpaired) electrons. The third-order valence-electron chi connectivity index (χ3n) is 4.88. The number of likely N-dealkylation sites (N-methyl/N-ethyl adjacent to an activating group) is 1. The number of methoxy groups -OCH3 is 3. The molecule has 0 spiro atoms. The van der Waals surface area contributed by atoms with Crippen LogP contribution in [0.5, 0.6) is 17.2 Å². The van der Waals surface area contributed by atoms with E-state index in [9.17, 15) is 18.0 Å². The van der Waals surface area contributed by atoms with Crippen LogP contribution in [0.1, 0.15) is 16.7 Å². The standard InChI is InChI=1S/C23H29F3N2O4/c1-27(2)9-10-28(15-16-7-6-8-18(11-16)23(24,25)26)21(29)14-17-12-19(30-3)22(32-5)20(13-17)31-4/h6-8,11-13H,9-10,14-15H2,1-5H3. The van der Waals surface area contributed by atoms with Crippen LogP contribution in [0, 0.1) is 0 Å². The molecule has 0 saturated heterocycles. The maximum Gasteiger partial charge on any atom is 0.416 e. The molecule has 9 heteroatoms. The Labute approximate surface area is 186 Å². The van der Waals surface area contributed by atoms with E-state index in [1.165, 1.54) is 27.4 Å². The lowest BCUT2D eigenvalue weighted by atomic mass is 10.1. The van der Waals surface area contributed by atoms with Crippen molar-refractivity contribution < 1.29 is 32.2 Å². The molecule has 0 aliphatic heterocycles. The summed E-state index contributed by atoms with van der Waals surface area (Å²) in [5.74, 6) is 1.04. The summed E-state index contributed by atoms with van der Waals surface area (Å²) in [6.45, 7) is 1.01. The molecular formula is C23H29F3N2O4. The van der Waals surface area contributed by atoms with Crippen LogP contribution in [0.2, 0.25) is 0 Å². The predicted molar refractivity (Wildman–Crippen MR) is 115 cm³/mol. The smallest absolute Gasteiger partial charge is 0.416 e. The van der Waals surface area contributed by atoms with Gasteiger partial charge in [-0.1, -0.05) is 12.1 Å². The zero-order valence-electron chi connectivity index (χ0n) is 19.0. The molecule has 0 bridgehead atoms. The monoisotopic (exact) mass is 454 g/mol. The van der Waals surface area contributed by atoms with Crippen LogP contribution in [-0.4, -0.2) is 64.2 Å². The molecule has 0 aliphatic rings. The van der Waals surface area contributed by atoms with E-state index in [-0.39, 0.29) is 18.9 Å². The van der Waals surface area contributed by atoms with E-state index in [0.29, 0.717) is 41.5 Å². The van der Waals surface area contributed by atoms with Crippen molar-refractivity contribution in [2.75, 3.05) is 48.5 Å². The van der Waals surface area contributed by atoms with Crippen LogP contribution in [0.4, 0.5) is 13.2 Å². The SMILES string of the molecule is COc1cc(CC(=O)N(CCN(C)C)Cc2cccc(C(F)(F)F)c2)cc(OC)c1OC. The fraction of sp³-hybridized carbons (Fsp3) is 0.435. The predicted octanol–water partition coefficient (Wildman–Crippen LogP) is 3.86. The number of halogens is 3. The van der Waals surface area contributed by atoms with Gasteiger partial charge in [-0.3, -0.25) is 4.79 Å². The third kappa shape index (κ3) is 6.78. The van der Waals surface area contributed by atoms with Gasteiger partial charge in [-0.25, -0.2) is 0 Å². The van der Waals surface area contributed by atoms with Gasteiger partial charge in [0.25, 0.3) is 0 Å². The highest BCUT2D eigenvalue weighted by Crippen LogP contribution is 2.38. The summed E-state index contributed by atoms with van der Waals surface area (Å²) in [6, 6.07) is 8.42. The summed E-state index contributed by atoms with van der Waals surface area (Å²) >= 11 is 0. The van der Waals surface area contributed by atoms with Crippen LogP contribution in [0.15, 0.2) is 36.4 Å².